The lowest BCUT2D eigenvalue weighted by Gasteiger charge is -2.40. The van der Waals surface area contributed by atoms with Gasteiger partial charge >= 0.3 is 0 Å². The van der Waals surface area contributed by atoms with Crippen LogP contribution >= 0.6 is 0 Å². The monoisotopic (exact) mass is 374 g/mol. The second-order valence-corrected chi connectivity index (χ2v) is 7.87. The molecule has 6 heteroatoms. The van der Waals surface area contributed by atoms with Crippen LogP contribution in [0.1, 0.15) is 39.5 Å². The molecule has 27 heavy (non-hydrogen) atoms. The molecule has 0 bridgehead atoms. The van der Waals surface area contributed by atoms with E-state index in [0.717, 1.165) is 12.8 Å². The summed E-state index contributed by atoms with van der Waals surface area (Å²) in [6.07, 6.45) is 3.70. The molecule has 0 unspecified atom stereocenters. The number of likely N-dealkylation sites (tertiary alicyclic amines) is 1. The van der Waals surface area contributed by atoms with Crippen molar-refractivity contribution >= 4 is 17.5 Å². The Balaban J connectivity index is 1.67. The maximum absolute atomic E-state index is 12.8. The summed E-state index contributed by atoms with van der Waals surface area (Å²) in [6, 6.07) is 5.51. The number of carbonyl (C=O) groups is 2. The van der Waals surface area contributed by atoms with E-state index < -0.39 is 0 Å². The molecule has 1 aliphatic heterocycles. The number of rotatable bonds is 5. The number of nitrogens with one attached hydrogen (secondary N) is 1. The van der Waals surface area contributed by atoms with Crippen molar-refractivity contribution in [2.45, 2.75) is 45.6 Å². The summed E-state index contributed by atoms with van der Waals surface area (Å²) in [6.45, 7) is 5.00. The van der Waals surface area contributed by atoms with Gasteiger partial charge in [-0.1, -0.05) is 26.7 Å². The Kier molecular flexibility index (Phi) is 5.92. The van der Waals surface area contributed by atoms with Crippen LogP contribution in [0, 0.1) is 17.8 Å². The molecule has 0 spiro atoms. The lowest BCUT2D eigenvalue weighted by Crippen LogP contribution is -2.45. The fourth-order valence-corrected chi connectivity index (χ4v) is 4.35. The molecule has 1 saturated heterocycles. The molecule has 6 nitrogen and oxygen atoms in total. The van der Waals surface area contributed by atoms with Gasteiger partial charge in [-0.05, 0) is 18.3 Å². The molecule has 2 aliphatic rings. The van der Waals surface area contributed by atoms with E-state index in [4.69, 9.17) is 9.47 Å². The van der Waals surface area contributed by atoms with Gasteiger partial charge in [0.1, 0.15) is 11.5 Å². The Hall–Kier alpha value is -2.24. The average Bonchev–Trinajstić information content (AvgIpc) is 3.05. The highest BCUT2D eigenvalue weighted by atomic mass is 16.5. The van der Waals surface area contributed by atoms with Crippen LogP contribution in [-0.2, 0) is 9.59 Å². The highest BCUT2D eigenvalue weighted by Gasteiger charge is 2.41. The van der Waals surface area contributed by atoms with Crippen molar-refractivity contribution in [3.05, 3.63) is 18.2 Å². The number of nitrogens with zero attached hydrogens (tertiary/aromatic N) is 1. The molecule has 0 aromatic heterocycles. The van der Waals surface area contributed by atoms with Crippen LogP contribution in [0.5, 0.6) is 11.5 Å². The first-order valence-corrected chi connectivity index (χ1v) is 9.76. The molecular formula is C21H30N2O4. The SMILES string of the molecule is COc1cc(NC(=O)[C@@H]2CC(=O)N([C@H]3CCC[C@@H](C)[C@H]3C)C2)cc(OC)c1. The Morgan fingerprint density at radius 3 is 2.41 bits per heavy atom. The Morgan fingerprint density at radius 1 is 1.11 bits per heavy atom. The van der Waals surface area contributed by atoms with E-state index in [1.165, 1.54) is 6.42 Å². The Morgan fingerprint density at radius 2 is 1.78 bits per heavy atom. The summed E-state index contributed by atoms with van der Waals surface area (Å²) in [4.78, 5) is 27.3. The Bertz CT molecular complexity index is 683. The van der Waals surface area contributed by atoms with Crippen molar-refractivity contribution in [2.75, 3.05) is 26.1 Å². The fourth-order valence-electron chi connectivity index (χ4n) is 4.35. The third-order valence-electron chi connectivity index (χ3n) is 6.21. The molecule has 1 aliphatic carbocycles. The van der Waals surface area contributed by atoms with Crippen molar-refractivity contribution < 1.29 is 19.1 Å². The minimum atomic E-state index is -0.320. The van der Waals surface area contributed by atoms with Gasteiger partial charge in [-0.3, -0.25) is 9.59 Å². The average molecular weight is 374 g/mol. The molecule has 0 radical (unpaired) electrons. The molecule has 1 saturated carbocycles. The van der Waals surface area contributed by atoms with Gasteiger partial charge in [0.05, 0.1) is 20.1 Å². The van der Waals surface area contributed by atoms with Gasteiger partial charge < -0.3 is 19.7 Å². The zero-order valence-electron chi connectivity index (χ0n) is 16.7. The molecule has 148 valence electrons. The number of anilines is 1. The number of methoxy groups -OCH3 is 2. The standard InChI is InChI=1S/C21H30N2O4/c1-13-6-5-7-19(14(13)2)23-12-15(8-20(23)24)21(25)22-16-9-17(26-3)11-18(10-16)27-4/h9-11,13-15,19H,5-8,12H2,1-4H3,(H,22,25)/t13-,14-,15-,19+/m1/s1. The number of benzene rings is 1. The van der Waals surface area contributed by atoms with Crippen molar-refractivity contribution in [1.29, 1.82) is 0 Å². The second-order valence-electron chi connectivity index (χ2n) is 7.87. The molecule has 4 atom stereocenters. The molecule has 1 aromatic rings. The van der Waals surface area contributed by atoms with Gasteiger partial charge in [0.25, 0.3) is 0 Å². The van der Waals surface area contributed by atoms with Crippen LogP contribution in [0.25, 0.3) is 0 Å². The minimum Gasteiger partial charge on any atom is -0.497 e. The van der Waals surface area contributed by atoms with Crippen molar-refractivity contribution in [2.24, 2.45) is 17.8 Å². The summed E-state index contributed by atoms with van der Waals surface area (Å²) in [5.41, 5.74) is 0.613. The van der Waals surface area contributed by atoms with Crippen molar-refractivity contribution in [1.82, 2.24) is 4.90 Å². The van der Waals surface area contributed by atoms with Crippen molar-refractivity contribution in [3.8, 4) is 11.5 Å². The molecule has 3 rings (SSSR count). The van der Waals surface area contributed by atoms with Crippen LogP contribution in [0.4, 0.5) is 5.69 Å². The number of ether oxygens (including phenoxy) is 2. The fraction of sp³-hybridized carbons (Fsp3) is 0.619. The van der Waals surface area contributed by atoms with Crippen LogP contribution in [0.3, 0.4) is 0 Å². The van der Waals surface area contributed by atoms with E-state index >= 15 is 0 Å². The first-order valence-electron chi connectivity index (χ1n) is 9.76. The lowest BCUT2D eigenvalue weighted by atomic mass is 9.77. The number of hydrogen-bond donors (Lipinski definition) is 1. The number of amides is 2. The van der Waals surface area contributed by atoms with Crippen LogP contribution in [0.15, 0.2) is 18.2 Å². The summed E-state index contributed by atoms with van der Waals surface area (Å²) in [5.74, 6) is 1.97. The third kappa shape index (κ3) is 4.20. The van der Waals surface area contributed by atoms with E-state index in [9.17, 15) is 9.59 Å². The molecular weight excluding hydrogens is 344 g/mol. The summed E-state index contributed by atoms with van der Waals surface area (Å²) in [7, 11) is 3.14. The van der Waals surface area contributed by atoms with Gasteiger partial charge in [0.2, 0.25) is 11.8 Å². The number of hydrogen-bond acceptors (Lipinski definition) is 4. The predicted molar refractivity (Wildman–Crippen MR) is 104 cm³/mol. The zero-order chi connectivity index (χ0) is 19.6. The largest absolute Gasteiger partial charge is 0.497 e. The van der Waals surface area contributed by atoms with Gasteiger partial charge in [-0.2, -0.15) is 0 Å². The van der Waals surface area contributed by atoms with Gasteiger partial charge in [-0.15, -0.1) is 0 Å². The maximum atomic E-state index is 12.8. The molecule has 1 aromatic carbocycles. The van der Waals surface area contributed by atoms with Gasteiger partial charge in [-0.25, -0.2) is 0 Å². The first-order chi connectivity index (χ1) is 12.9. The predicted octanol–water partition coefficient (Wildman–Crippen LogP) is 3.32. The van der Waals surface area contributed by atoms with Gasteiger partial charge in [0.15, 0.2) is 0 Å². The summed E-state index contributed by atoms with van der Waals surface area (Å²) in [5, 5.41) is 2.92. The quantitative estimate of drug-likeness (QED) is 0.859. The highest BCUT2D eigenvalue weighted by molar-refractivity contribution is 5.97. The first kappa shape index (κ1) is 19.5. The van der Waals surface area contributed by atoms with E-state index in [-0.39, 0.29) is 30.2 Å². The minimum absolute atomic E-state index is 0.101. The van der Waals surface area contributed by atoms with E-state index in [1.807, 2.05) is 4.90 Å². The normalized spacial score (nSPS) is 28.1. The Labute approximate surface area is 161 Å². The summed E-state index contributed by atoms with van der Waals surface area (Å²) < 4.78 is 10.5. The lowest BCUT2D eigenvalue weighted by molar-refractivity contribution is -0.131. The topological polar surface area (TPSA) is 67.9 Å². The van der Waals surface area contributed by atoms with Crippen LogP contribution in [0.2, 0.25) is 0 Å². The molecule has 2 fully saturated rings. The zero-order valence-corrected chi connectivity index (χ0v) is 16.7. The highest BCUT2D eigenvalue weighted by Crippen LogP contribution is 2.36. The van der Waals surface area contributed by atoms with Crippen LogP contribution in [-0.4, -0.2) is 43.5 Å². The smallest absolute Gasteiger partial charge is 0.229 e. The van der Waals surface area contributed by atoms with Gasteiger partial charge in [0, 0.05) is 42.9 Å². The number of carbonyl (C=O) groups excluding carboxylic acids is 2. The molecule has 1 N–H and O–H groups in total. The summed E-state index contributed by atoms with van der Waals surface area (Å²) >= 11 is 0. The van der Waals surface area contributed by atoms with E-state index in [0.29, 0.717) is 35.6 Å². The molecule has 1 heterocycles. The maximum Gasteiger partial charge on any atom is 0.229 e. The van der Waals surface area contributed by atoms with E-state index in [2.05, 4.69) is 19.2 Å². The second kappa shape index (κ2) is 8.19. The van der Waals surface area contributed by atoms with E-state index in [1.54, 1.807) is 32.4 Å². The van der Waals surface area contributed by atoms with Crippen molar-refractivity contribution in [3.63, 3.8) is 0 Å². The molecule has 2 amide bonds. The third-order valence-corrected chi connectivity index (χ3v) is 6.21. The van der Waals surface area contributed by atoms with Crippen LogP contribution < -0.4 is 14.8 Å².